The van der Waals surface area contributed by atoms with Gasteiger partial charge in [-0.2, -0.15) is 0 Å². The van der Waals surface area contributed by atoms with Crippen LogP contribution in [0, 0.1) is 0 Å². The van der Waals surface area contributed by atoms with Crippen LogP contribution in [0.15, 0.2) is 36.5 Å². The summed E-state index contributed by atoms with van der Waals surface area (Å²) in [6, 6.07) is 8.96. The molecule has 0 saturated heterocycles. The van der Waals surface area contributed by atoms with Gasteiger partial charge in [-0.15, -0.1) is 0 Å². The third-order valence-corrected chi connectivity index (χ3v) is 3.33. The van der Waals surface area contributed by atoms with Gasteiger partial charge in [-0.3, -0.25) is 4.79 Å². The Labute approximate surface area is 128 Å². The lowest BCUT2D eigenvalue weighted by molar-refractivity contribution is 0.0934. The Hall–Kier alpha value is -2.14. The molecule has 110 valence electrons. The Morgan fingerprint density at radius 3 is 2.81 bits per heavy atom. The van der Waals surface area contributed by atoms with Gasteiger partial charge in [0.15, 0.2) is 0 Å². The molecule has 0 fully saturated rings. The van der Waals surface area contributed by atoms with Gasteiger partial charge >= 0.3 is 0 Å². The SMILES string of the molecule is CCC(C)NC(=O)c1ccnc(Nc2ccccc2Cl)n1. The van der Waals surface area contributed by atoms with Crippen LogP contribution in [0.5, 0.6) is 0 Å². The summed E-state index contributed by atoms with van der Waals surface area (Å²) in [6.07, 6.45) is 2.40. The van der Waals surface area contributed by atoms with Gasteiger partial charge < -0.3 is 10.6 Å². The van der Waals surface area contributed by atoms with E-state index in [9.17, 15) is 4.79 Å². The Morgan fingerprint density at radius 1 is 1.33 bits per heavy atom. The zero-order valence-corrected chi connectivity index (χ0v) is 12.7. The summed E-state index contributed by atoms with van der Waals surface area (Å²) in [5, 5.41) is 6.43. The predicted octanol–water partition coefficient (Wildman–Crippen LogP) is 3.40. The van der Waals surface area contributed by atoms with E-state index in [0.717, 1.165) is 6.42 Å². The first-order valence-corrected chi connectivity index (χ1v) is 7.13. The van der Waals surface area contributed by atoms with Crippen LogP contribution in [0.4, 0.5) is 11.6 Å². The molecule has 1 heterocycles. The Balaban J connectivity index is 2.14. The minimum Gasteiger partial charge on any atom is -0.348 e. The molecular formula is C15H17ClN4O. The number of carbonyl (C=O) groups is 1. The number of rotatable bonds is 5. The number of nitrogens with zero attached hydrogens (tertiary/aromatic N) is 2. The van der Waals surface area contributed by atoms with Crippen LogP contribution in [0.25, 0.3) is 0 Å². The molecule has 1 aromatic heterocycles. The maximum atomic E-state index is 12.0. The highest BCUT2D eigenvalue weighted by molar-refractivity contribution is 6.33. The smallest absolute Gasteiger partial charge is 0.270 e. The fourth-order valence-electron chi connectivity index (χ4n) is 1.63. The normalized spacial score (nSPS) is 11.8. The first-order chi connectivity index (χ1) is 10.1. The molecular weight excluding hydrogens is 288 g/mol. The van der Waals surface area contributed by atoms with E-state index in [0.29, 0.717) is 22.4 Å². The molecule has 2 N–H and O–H groups in total. The van der Waals surface area contributed by atoms with Gasteiger partial charge in [0.2, 0.25) is 5.95 Å². The number of nitrogens with one attached hydrogen (secondary N) is 2. The van der Waals surface area contributed by atoms with E-state index in [2.05, 4.69) is 20.6 Å². The molecule has 1 atom stereocenters. The molecule has 21 heavy (non-hydrogen) atoms. The van der Waals surface area contributed by atoms with Crippen LogP contribution < -0.4 is 10.6 Å². The molecule has 0 spiro atoms. The van der Waals surface area contributed by atoms with Crippen LogP contribution in [0.1, 0.15) is 30.8 Å². The lowest BCUT2D eigenvalue weighted by atomic mass is 10.2. The molecule has 6 heteroatoms. The van der Waals surface area contributed by atoms with Crippen molar-refractivity contribution >= 4 is 29.1 Å². The topological polar surface area (TPSA) is 66.9 Å². The van der Waals surface area contributed by atoms with Gasteiger partial charge in [-0.05, 0) is 31.5 Å². The molecule has 0 bridgehead atoms. The molecule has 5 nitrogen and oxygen atoms in total. The van der Waals surface area contributed by atoms with Crippen molar-refractivity contribution in [2.75, 3.05) is 5.32 Å². The number of amides is 1. The van der Waals surface area contributed by atoms with Gasteiger partial charge in [0.25, 0.3) is 5.91 Å². The van der Waals surface area contributed by atoms with Gasteiger partial charge in [-0.1, -0.05) is 30.7 Å². The van der Waals surface area contributed by atoms with Crippen LogP contribution >= 0.6 is 11.6 Å². The van der Waals surface area contributed by atoms with Crippen LogP contribution in [-0.2, 0) is 0 Å². The van der Waals surface area contributed by atoms with Crippen molar-refractivity contribution in [2.45, 2.75) is 26.3 Å². The number of hydrogen-bond donors (Lipinski definition) is 2. The molecule has 1 amide bonds. The van der Waals surface area contributed by atoms with Crippen molar-refractivity contribution < 1.29 is 4.79 Å². The average Bonchev–Trinajstić information content (AvgIpc) is 2.49. The minimum absolute atomic E-state index is 0.104. The van der Waals surface area contributed by atoms with E-state index in [1.54, 1.807) is 12.1 Å². The third-order valence-electron chi connectivity index (χ3n) is 3.00. The van der Waals surface area contributed by atoms with E-state index in [4.69, 9.17) is 11.6 Å². The van der Waals surface area contributed by atoms with Crippen LogP contribution in [0.3, 0.4) is 0 Å². The zero-order valence-electron chi connectivity index (χ0n) is 11.9. The van der Waals surface area contributed by atoms with Crippen molar-refractivity contribution in [1.82, 2.24) is 15.3 Å². The van der Waals surface area contributed by atoms with Crippen LogP contribution in [-0.4, -0.2) is 21.9 Å². The standard InChI is InChI=1S/C15H17ClN4O/c1-3-10(2)18-14(21)13-8-9-17-15(20-13)19-12-7-5-4-6-11(12)16/h4-10H,3H2,1-2H3,(H,18,21)(H,17,19,20). The average molecular weight is 305 g/mol. The van der Waals surface area contributed by atoms with Gasteiger partial charge in [0.1, 0.15) is 5.69 Å². The second-order valence-corrected chi connectivity index (χ2v) is 5.06. The molecule has 1 aromatic carbocycles. The highest BCUT2D eigenvalue weighted by atomic mass is 35.5. The number of hydrogen-bond acceptors (Lipinski definition) is 4. The van der Waals surface area contributed by atoms with Gasteiger partial charge in [0.05, 0.1) is 10.7 Å². The summed E-state index contributed by atoms with van der Waals surface area (Å²) >= 11 is 6.07. The van der Waals surface area contributed by atoms with E-state index >= 15 is 0 Å². The van der Waals surface area contributed by atoms with Crippen LogP contribution in [0.2, 0.25) is 5.02 Å². The minimum atomic E-state index is -0.214. The summed E-state index contributed by atoms with van der Waals surface area (Å²) < 4.78 is 0. The number of para-hydroxylation sites is 1. The van der Waals surface area contributed by atoms with Gasteiger partial charge in [-0.25, -0.2) is 9.97 Å². The molecule has 0 saturated carbocycles. The van der Waals surface area contributed by atoms with E-state index in [-0.39, 0.29) is 11.9 Å². The summed E-state index contributed by atoms with van der Waals surface area (Å²) in [5.41, 5.74) is 1.01. The number of anilines is 2. The summed E-state index contributed by atoms with van der Waals surface area (Å²) in [4.78, 5) is 20.3. The second-order valence-electron chi connectivity index (χ2n) is 4.65. The Morgan fingerprint density at radius 2 is 2.10 bits per heavy atom. The summed E-state index contributed by atoms with van der Waals surface area (Å²) in [5.74, 6) is 0.119. The predicted molar refractivity (Wildman–Crippen MR) is 84.0 cm³/mol. The quantitative estimate of drug-likeness (QED) is 0.888. The van der Waals surface area contributed by atoms with E-state index in [1.165, 1.54) is 6.20 Å². The molecule has 0 aliphatic carbocycles. The molecule has 0 aliphatic heterocycles. The first-order valence-electron chi connectivity index (χ1n) is 6.75. The fraction of sp³-hybridized carbons (Fsp3) is 0.267. The number of benzene rings is 1. The van der Waals surface area contributed by atoms with Crippen molar-refractivity contribution in [3.8, 4) is 0 Å². The molecule has 2 aromatic rings. The van der Waals surface area contributed by atoms with E-state index < -0.39 is 0 Å². The Kier molecular flexibility index (Phi) is 5.11. The molecule has 2 rings (SSSR count). The number of halogens is 1. The second kappa shape index (κ2) is 7.04. The molecule has 1 unspecified atom stereocenters. The Bertz CT molecular complexity index is 633. The summed E-state index contributed by atoms with van der Waals surface area (Å²) in [7, 11) is 0. The fourth-order valence-corrected chi connectivity index (χ4v) is 1.81. The molecule has 0 aliphatic rings. The van der Waals surface area contributed by atoms with Crippen molar-refractivity contribution in [1.29, 1.82) is 0 Å². The first kappa shape index (κ1) is 15.3. The third kappa shape index (κ3) is 4.16. The largest absolute Gasteiger partial charge is 0.348 e. The van der Waals surface area contributed by atoms with E-state index in [1.807, 2.05) is 32.0 Å². The van der Waals surface area contributed by atoms with Crippen molar-refractivity contribution in [3.63, 3.8) is 0 Å². The highest BCUT2D eigenvalue weighted by Gasteiger charge is 2.11. The lowest BCUT2D eigenvalue weighted by Crippen LogP contribution is -2.32. The van der Waals surface area contributed by atoms with Crippen molar-refractivity contribution in [3.05, 3.63) is 47.2 Å². The van der Waals surface area contributed by atoms with Gasteiger partial charge in [0, 0.05) is 12.2 Å². The molecule has 0 radical (unpaired) electrons. The highest BCUT2D eigenvalue weighted by Crippen LogP contribution is 2.22. The number of carbonyl (C=O) groups excluding carboxylic acids is 1. The summed E-state index contributed by atoms with van der Waals surface area (Å²) in [6.45, 7) is 3.96. The zero-order chi connectivity index (χ0) is 15.2. The maximum absolute atomic E-state index is 12.0. The monoisotopic (exact) mass is 304 g/mol. The number of aromatic nitrogens is 2. The maximum Gasteiger partial charge on any atom is 0.270 e. The van der Waals surface area contributed by atoms with Crippen molar-refractivity contribution in [2.24, 2.45) is 0 Å². The lowest BCUT2D eigenvalue weighted by Gasteiger charge is -2.11.